The Labute approximate surface area is 140 Å². The summed E-state index contributed by atoms with van der Waals surface area (Å²) >= 11 is 9.56. The lowest BCUT2D eigenvalue weighted by Crippen LogP contribution is -2.47. The van der Waals surface area contributed by atoms with E-state index >= 15 is 0 Å². The van der Waals surface area contributed by atoms with Gasteiger partial charge in [0.05, 0.1) is 10.6 Å². The first-order valence-electron chi connectivity index (χ1n) is 7.36. The number of amides is 1. The van der Waals surface area contributed by atoms with Crippen LogP contribution in [0.1, 0.15) is 37.0 Å². The Morgan fingerprint density at radius 3 is 2.57 bits per heavy atom. The van der Waals surface area contributed by atoms with Crippen molar-refractivity contribution in [3.63, 3.8) is 0 Å². The number of halogens is 2. The number of likely N-dealkylation sites (tertiary alicyclic amines) is 1. The lowest BCUT2D eigenvalue weighted by molar-refractivity contribution is 0.0615. The number of rotatable bonds is 3. The molecule has 0 aliphatic carbocycles. The van der Waals surface area contributed by atoms with Crippen molar-refractivity contribution < 1.29 is 4.79 Å². The van der Waals surface area contributed by atoms with Gasteiger partial charge in [-0.15, -0.1) is 0 Å². The lowest BCUT2D eigenvalue weighted by atomic mass is 10.0. The van der Waals surface area contributed by atoms with E-state index in [4.69, 9.17) is 11.6 Å². The fraction of sp³-hybridized carbons (Fsp3) is 0.562. The zero-order valence-electron chi connectivity index (χ0n) is 12.8. The molecule has 1 aromatic rings. The minimum atomic E-state index is 0.00398. The van der Waals surface area contributed by atoms with Crippen LogP contribution < -0.4 is 0 Å². The minimum absolute atomic E-state index is 0.00398. The van der Waals surface area contributed by atoms with Gasteiger partial charge >= 0.3 is 0 Å². The maximum atomic E-state index is 12.6. The normalized spacial score (nSPS) is 17.2. The molecule has 0 spiro atoms. The van der Waals surface area contributed by atoms with Gasteiger partial charge in [0.25, 0.3) is 5.91 Å². The molecule has 2 rings (SSSR count). The fourth-order valence-electron chi connectivity index (χ4n) is 2.81. The minimum Gasteiger partial charge on any atom is -0.339 e. The second kappa shape index (κ2) is 7.12. The van der Waals surface area contributed by atoms with Gasteiger partial charge in [0.2, 0.25) is 0 Å². The van der Waals surface area contributed by atoms with Gasteiger partial charge in [0.1, 0.15) is 0 Å². The second-order valence-electron chi connectivity index (χ2n) is 5.90. The third-order valence-corrected chi connectivity index (χ3v) is 5.08. The van der Waals surface area contributed by atoms with Crippen LogP contribution in [-0.4, -0.2) is 47.9 Å². The van der Waals surface area contributed by atoms with E-state index in [9.17, 15) is 4.79 Å². The second-order valence-corrected chi connectivity index (χ2v) is 7.22. The van der Waals surface area contributed by atoms with E-state index in [0.29, 0.717) is 22.7 Å². The first-order chi connectivity index (χ1) is 9.90. The maximum Gasteiger partial charge on any atom is 0.255 e. The zero-order chi connectivity index (χ0) is 15.6. The third kappa shape index (κ3) is 3.99. The Morgan fingerprint density at radius 2 is 2.00 bits per heavy atom. The quantitative estimate of drug-likeness (QED) is 0.798. The van der Waals surface area contributed by atoms with E-state index in [1.165, 1.54) is 0 Å². The van der Waals surface area contributed by atoms with Gasteiger partial charge in [0, 0.05) is 36.7 Å². The molecule has 1 aromatic carbocycles. The zero-order valence-corrected chi connectivity index (χ0v) is 15.1. The fourth-order valence-corrected chi connectivity index (χ4v) is 3.37. The molecule has 0 radical (unpaired) electrons. The first kappa shape index (κ1) is 16.8. The summed E-state index contributed by atoms with van der Waals surface area (Å²) in [4.78, 5) is 17.0. The lowest BCUT2D eigenvalue weighted by Gasteiger charge is -2.38. The molecule has 21 heavy (non-hydrogen) atoms. The van der Waals surface area contributed by atoms with Crippen LogP contribution in [0.25, 0.3) is 0 Å². The van der Waals surface area contributed by atoms with E-state index in [1.54, 1.807) is 12.1 Å². The molecular weight excluding hydrogens is 352 g/mol. The van der Waals surface area contributed by atoms with Crippen LogP contribution in [0.15, 0.2) is 22.7 Å². The van der Waals surface area contributed by atoms with Crippen LogP contribution in [0.4, 0.5) is 0 Å². The summed E-state index contributed by atoms with van der Waals surface area (Å²) in [7, 11) is 1.88. The molecule has 1 saturated heterocycles. The molecule has 0 unspecified atom stereocenters. The Bertz CT molecular complexity index is 513. The summed E-state index contributed by atoms with van der Waals surface area (Å²) in [5, 5.41) is 0.509. The Balaban J connectivity index is 2.05. The number of hydrogen-bond acceptors (Lipinski definition) is 2. The standard InChI is InChI=1S/C16H22BrClN2O/c1-11(2)20-8-6-13(7-9-20)19(3)16(21)14-10-12(17)4-5-15(14)18/h4-5,10-11,13H,6-9H2,1-3H3. The molecule has 0 N–H and O–H groups in total. The SMILES string of the molecule is CC(C)N1CCC(N(C)C(=O)c2cc(Br)ccc2Cl)CC1. The van der Waals surface area contributed by atoms with E-state index in [1.807, 2.05) is 18.0 Å². The van der Waals surface area contributed by atoms with Crippen molar-refractivity contribution in [1.29, 1.82) is 0 Å². The average Bonchev–Trinajstić information content (AvgIpc) is 2.48. The summed E-state index contributed by atoms with van der Waals surface area (Å²) in [6.45, 7) is 6.53. The number of carbonyl (C=O) groups excluding carboxylic acids is 1. The summed E-state index contributed by atoms with van der Waals surface area (Å²) < 4.78 is 0.873. The van der Waals surface area contributed by atoms with Crippen molar-refractivity contribution in [3.8, 4) is 0 Å². The Kier molecular flexibility index (Phi) is 5.69. The molecule has 5 heteroatoms. The van der Waals surface area contributed by atoms with Gasteiger partial charge in [0.15, 0.2) is 0 Å². The molecule has 3 nitrogen and oxygen atoms in total. The van der Waals surface area contributed by atoms with E-state index in [2.05, 4.69) is 34.7 Å². The average molecular weight is 374 g/mol. The summed E-state index contributed by atoms with van der Waals surface area (Å²) in [5.41, 5.74) is 0.569. The molecule has 0 atom stereocenters. The highest BCUT2D eigenvalue weighted by atomic mass is 79.9. The van der Waals surface area contributed by atoms with Gasteiger partial charge < -0.3 is 9.80 Å². The van der Waals surface area contributed by atoms with Crippen molar-refractivity contribution in [2.24, 2.45) is 0 Å². The third-order valence-electron chi connectivity index (χ3n) is 4.26. The molecule has 1 fully saturated rings. The smallest absolute Gasteiger partial charge is 0.255 e. The molecule has 1 aliphatic rings. The Morgan fingerprint density at radius 1 is 1.38 bits per heavy atom. The highest BCUT2D eigenvalue weighted by Gasteiger charge is 2.27. The van der Waals surface area contributed by atoms with Crippen LogP contribution in [0.3, 0.4) is 0 Å². The van der Waals surface area contributed by atoms with Crippen LogP contribution in [0.2, 0.25) is 5.02 Å². The predicted molar refractivity (Wildman–Crippen MR) is 91.0 cm³/mol. The van der Waals surface area contributed by atoms with Gasteiger partial charge in [-0.1, -0.05) is 27.5 Å². The highest BCUT2D eigenvalue weighted by Crippen LogP contribution is 2.25. The monoisotopic (exact) mass is 372 g/mol. The highest BCUT2D eigenvalue weighted by molar-refractivity contribution is 9.10. The summed E-state index contributed by atoms with van der Waals surface area (Å²) in [6, 6.07) is 6.27. The number of carbonyl (C=O) groups is 1. The van der Waals surface area contributed by atoms with Gasteiger partial charge in [-0.2, -0.15) is 0 Å². The van der Waals surface area contributed by atoms with Crippen molar-refractivity contribution >= 4 is 33.4 Å². The van der Waals surface area contributed by atoms with Crippen LogP contribution in [-0.2, 0) is 0 Å². The van der Waals surface area contributed by atoms with Crippen LogP contribution >= 0.6 is 27.5 Å². The molecule has 1 heterocycles. The summed E-state index contributed by atoms with van der Waals surface area (Å²) in [5.74, 6) is 0.00398. The molecular formula is C16H22BrClN2O. The van der Waals surface area contributed by atoms with Crippen molar-refractivity contribution in [2.75, 3.05) is 20.1 Å². The summed E-state index contributed by atoms with van der Waals surface area (Å²) in [6.07, 6.45) is 2.04. The molecule has 0 bridgehead atoms. The first-order valence-corrected chi connectivity index (χ1v) is 8.53. The molecule has 116 valence electrons. The largest absolute Gasteiger partial charge is 0.339 e. The van der Waals surface area contributed by atoms with Gasteiger partial charge in [-0.25, -0.2) is 0 Å². The van der Waals surface area contributed by atoms with E-state index < -0.39 is 0 Å². The van der Waals surface area contributed by atoms with Crippen LogP contribution in [0.5, 0.6) is 0 Å². The molecule has 1 amide bonds. The van der Waals surface area contributed by atoms with Crippen molar-refractivity contribution in [3.05, 3.63) is 33.3 Å². The van der Waals surface area contributed by atoms with Gasteiger partial charge in [-0.05, 0) is 44.9 Å². The van der Waals surface area contributed by atoms with Crippen LogP contribution in [0, 0.1) is 0 Å². The number of hydrogen-bond donors (Lipinski definition) is 0. The number of benzene rings is 1. The predicted octanol–water partition coefficient (Wildman–Crippen LogP) is 4.05. The maximum absolute atomic E-state index is 12.6. The molecule has 0 saturated carbocycles. The van der Waals surface area contributed by atoms with E-state index in [-0.39, 0.29) is 5.91 Å². The topological polar surface area (TPSA) is 23.6 Å². The van der Waals surface area contributed by atoms with Gasteiger partial charge in [-0.3, -0.25) is 4.79 Å². The van der Waals surface area contributed by atoms with Crippen molar-refractivity contribution in [2.45, 2.75) is 38.8 Å². The van der Waals surface area contributed by atoms with E-state index in [0.717, 1.165) is 30.4 Å². The molecule has 0 aromatic heterocycles. The Hall–Kier alpha value is -0.580. The van der Waals surface area contributed by atoms with Crippen molar-refractivity contribution in [1.82, 2.24) is 9.80 Å². The molecule has 1 aliphatic heterocycles. The number of piperidine rings is 1. The number of nitrogens with zero attached hydrogens (tertiary/aromatic N) is 2.